The molecule has 0 saturated carbocycles. The molecule has 28 heavy (non-hydrogen) atoms. The van der Waals surface area contributed by atoms with Crippen LogP contribution in [0.15, 0.2) is 64.5 Å². The third-order valence-electron chi connectivity index (χ3n) is 4.53. The van der Waals surface area contributed by atoms with Crippen molar-refractivity contribution in [3.63, 3.8) is 0 Å². The van der Waals surface area contributed by atoms with E-state index >= 15 is 0 Å². The number of ether oxygens (including phenoxy) is 1. The molecule has 2 aromatic rings. The van der Waals surface area contributed by atoms with Crippen LogP contribution in [0.4, 0.5) is 5.69 Å². The van der Waals surface area contributed by atoms with Gasteiger partial charge in [0, 0.05) is 44.5 Å². The molecule has 0 aliphatic carbocycles. The Balaban J connectivity index is 1.49. The summed E-state index contributed by atoms with van der Waals surface area (Å²) in [6, 6.07) is 11.8. The Kier molecular flexibility index (Phi) is 6.86. The van der Waals surface area contributed by atoms with Crippen molar-refractivity contribution in [2.75, 3.05) is 44.2 Å². The lowest BCUT2D eigenvalue weighted by Gasteiger charge is -2.35. The molecule has 1 aromatic carbocycles. The molecule has 7 heteroatoms. The van der Waals surface area contributed by atoms with Crippen LogP contribution >= 0.6 is 0 Å². The maximum absolute atomic E-state index is 12.2. The number of piperazine rings is 1. The summed E-state index contributed by atoms with van der Waals surface area (Å²) in [4.78, 5) is 28.3. The van der Waals surface area contributed by atoms with E-state index in [2.05, 4.69) is 33.8 Å². The Labute approximate surface area is 164 Å². The quantitative estimate of drug-likeness (QED) is 0.699. The second-order valence-corrected chi connectivity index (χ2v) is 6.56. The highest BCUT2D eigenvalue weighted by Crippen LogP contribution is 2.17. The number of anilines is 1. The molecule has 1 amide bonds. The van der Waals surface area contributed by atoms with E-state index in [1.54, 1.807) is 6.08 Å². The largest absolute Gasteiger partial charge is 0.477 e. The third-order valence-corrected chi connectivity index (χ3v) is 4.53. The molecule has 1 saturated heterocycles. The summed E-state index contributed by atoms with van der Waals surface area (Å²) in [6.07, 6.45) is 2.85. The van der Waals surface area contributed by atoms with Gasteiger partial charge in [-0.15, -0.1) is 6.58 Å². The summed E-state index contributed by atoms with van der Waals surface area (Å²) >= 11 is 0. The number of para-hydroxylation sites is 1. The maximum atomic E-state index is 12.2. The minimum Gasteiger partial charge on any atom is -0.477 e. The van der Waals surface area contributed by atoms with E-state index in [9.17, 15) is 9.59 Å². The molecular weight excluding hydrogens is 358 g/mol. The number of hydrogen-bond donors (Lipinski definition) is 1. The molecule has 148 valence electrons. The summed E-state index contributed by atoms with van der Waals surface area (Å²) in [5, 5.41) is 2.58. The first-order valence-corrected chi connectivity index (χ1v) is 9.30. The second-order valence-electron chi connectivity index (χ2n) is 6.56. The summed E-state index contributed by atoms with van der Waals surface area (Å²) < 4.78 is 10.8. The fraction of sp³-hybridized carbons (Fsp3) is 0.333. The van der Waals surface area contributed by atoms with Gasteiger partial charge in [-0.05, 0) is 12.1 Å². The fourth-order valence-electron chi connectivity index (χ4n) is 3.03. The minimum atomic E-state index is -0.320. The lowest BCUT2D eigenvalue weighted by molar-refractivity contribution is -0.122. The molecule has 1 N–H and O–H groups in total. The first kappa shape index (κ1) is 19.7. The number of hydrogen-bond acceptors (Lipinski definition) is 6. The van der Waals surface area contributed by atoms with Gasteiger partial charge < -0.3 is 19.4 Å². The maximum Gasteiger partial charge on any atom is 0.258 e. The third kappa shape index (κ3) is 5.47. The molecule has 0 spiro atoms. The summed E-state index contributed by atoms with van der Waals surface area (Å²) in [7, 11) is 0. The van der Waals surface area contributed by atoms with Crippen LogP contribution in [0, 0.1) is 0 Å². The van der Waals surface area contributed by atoms with Crippen molar-refractivity contribution in [2.45, 2.75) is 6.54 Å². The molecule has 0 radical (unpaired) electrons. The summed E-state index contributed by atoms with van der Waals surface area (Å²) in [5.74, 6) is 0.299. The number of nitrogens with one attached hydrogen (secondary N) is 1. The van der Waals surface area contributed by atoms with Gasteiger partial charge >= 0.3 is 0 Å². The number of nitrogens with zero attached hydrogens (tertiary/aromatic N) is 2. The van der Waals surface area contributed by atoms with Crippen molar-refractivity contribution >= 4 is 11.6 Å². The van der Waals surface area contributed by atoms with E-state index in [0.717, 1.165) is 26.2 Å². The van der Waals surface area contributed by atoms with Gasteiger partial charge in [-0.25, -0.2) is 0 Å². The van der Waals surface area contributed by atoms with Gasteiger partial charge in [-0.3, -0.25) is 14.5 Å². The van der Waals surface area contributed by atoms with Crippen molar-refractivity contribution in [1.29, 1.82) is 0 Å². The zero-order valence-corrected chi connectivity index (χ0v) is 15.8. The minimum absolute atomic E-state index is 0.0337. The van der Waals surface area contributed by atoms with Crippen LogP contribution in [0.2, 0.25) is 0 Å². The van der Waals surface area contributed by atoms with Gasteiger partial charge in [0.05, 0.1) is 6.54 Å². The molecule has 1 aliphatic heterocycles. The molecule has 3 rings (SSSR count). The topological polar surface area (TPSA) is 75.0 Å². The van der Waals surface area contributed by atoms with Gasteiger partial charge in [-0.1, -0.05) is 24.3 Å². The highest BCUT2D eigenvalue weighted by Gasteiger charge is 2.18. The van der Waals surface area contributed by atoms with Crippen LogP contribution in [-0.2, 0) is 11.3 Å². The van der Waals surface area contributed by atoms with E-state index in [1.165, 1.54) is 18.0 Å². The van der Waals surface area contributed by atoms with E-state index in [0.29, 0.717) is 18.8 Å². The van der Waals surface area contributed by atoms with Crippen molar-refractivity contribution < 1.29 is 13.9 Å². The van der Waals surface area contributed by atoms with E-state index in [-0.39, 0.29) is 23.7 Å². The van der Waals surface area contributed by atoms with Crippen LogP contribution in [0.25, 0.3) is 0 Å². The highest BCUT2D eigenvalue weighted by molar-refractivity contribution is 5.77. The lowest BCUT2D eigenvalue weighted by Crippen LogP contribution is -2.46. The van der Waals surface area contributed by atoms with Crippen LogP contribution in [0.1, 0.15) is 5.76 Å². The Bertz CT molecular complexity index is 842. The molecule has 2 heterocycles. The smallest absolute Gasteiger partial charge is 0.258 e. The van der Waals surface area contributed by atoms with Gasteiger partial charge in [0.1, 0.15) is 12.0 Å². The van der Waals surface area contributed by atoms with Crippen LogP contribution in [0.5, 0.6) is 5.75 Å². The summed E-state index contributed by atoms with van der Waals surface area (Å²) in [5.41, 5.74) is 0.938. The highest BCUT2D eigenvalue weighted by atomic mass is 16.5. The van der Waals surface area contributed by atoms with E-state index in [1.807, 2.05) is 18.2 Å². The Morgan fingerprint density at radius 2 is 1.96 bits per heavy atom. The molecule has 1 fully saturated rings. The van der Waals surface area contributed by atoms with Crippen molar-refractivity contribution in [2.24, 2.45) is 0 Å². The first-order chi connectivity index (χ1) is 13.7. The van der Waals surface area contributed by atoms with Crippen molar-refractivity contribution in [3.8, 4) is 5.75 Å². The number of carbonyl (C=O) groups is 1. The van der Waals surface area contributed by atoms with Gasteiger partial charge in [0.15, 0.2) is 6.61 Å². The SMILES string of the molecule is C=CCNC(=O)COc1coc(CN2CCN(c3ccccc3)CC2)cc1=O. The number of benzene rings is 1. The molecule has 0 atom stereocenters. The molecule has 7 nitrogen and oxygen atoms in total. The Hall–Kier alpha value is -3.06. The number of amides is 1. The average Bonchev–Trinajstić information content (AvgIpc) is 2.73. The van der Waals surface area contributed by atoms with Gasteiger partial charge in [-0.2, -0.15) is 0 Å². The predicted octanol–water partition coefficient (Wildman–Crippen LogP) is 1.64. The lowest BCUT2D eigenvalue weighted by atomic mass is 10.2. The van der Waals surface area contributed by atoms with Crippen molar-refractivity contribution in [3.05, 3.63) is 71.3 Å². The van der Waals surface area contributed by atoms with E-state index < -0.39 is 0 Å². The average molecular weight is 383 g/mol. The van der Waals surface area contributed by atoms with Crippen LogP contribution in [-0.4, -0.2) is 50.1 Å². The molecule has 0 unspecified atom stereocenters. The summed E-state index contributed by atoms with van der Waals surface area (Å²) in [6.45, 7) is 7.83. The zero-order chi connectivity index (χ0) is 19.8. The molecule has 1 aromatic heterocycles. The van der Waals surface area contributed by atoms with Gasteiger partial charge in [0.25, 0.3) is 5.91 Å². The molecule has 1 aliphatic rings. The normalized spacial score (nSPS) is 14.5. The zero-order valence-electron chi connectivity index (χ0n) is 15.8. The molecule has 0 bridgehead atoms. The number of rotatable bonds is 8. The van der Waals surface area contributed by atoms with Crippen LogP contribution < -0.4 is 20.4 Å². The molecular formula is C21H25N3O4. The Morgan fingerprint density at radius 3 is 2.64 bits per heavy atom. The Morgan fingerprint density at radius 1 is 1.21 bits per heavy atom. The fourth-order valence-corrected chi connectivity index (χ4v) is 3.03. The van der Waals surface area contributed by atoms with Gasteiger partial charge in [0.2, 0.25) is 11.2 Å². The first-order valence-electron chi connectivity index (χ1n) is 9.30. The second kappa shape index (κ2) is 9.75. The van der Waals surface area contributed by atoms with Crippen molar-refractivity contribution in [1.82, 2.24) is 10.2 Å². The van der Waals surface area contributed by atoms with Crippen LogP contribution in [0.3, 0.4) is 0 Å². The standard InChI is InChI=1S/C21H25N3O4/c1-2-8-22-21(26)16-28-20-15-27-18(13-19(20)25)14-23-9-11-24(12-10-23)17-6-4-3-5-7-17/h2-7,13,15H,1,8-12,14,16H2,(H,22,26). The monoisotopic (exact) mass is 383 g/mol. The predicted molar refractivity (Wildman–Crippen MR) is 108 cm³/mol. The van der Waals surface area contributed by atoms with E-state index in [4.69, 9.17) is 9.15 Å². The number of carbonyl (C=O) groups excluding carboxylic acids is 1.